The molecule has 1 atom stereocenters. The van der Waals surface area contributed by atoms with Gasteiger partial charge in [-0.25, -0.2) is 0 Å². The number of hydrogen-bond acceptors (Lipinski definition) is 2. The fourth-order valence-electron chi connectivity index (χ4n) is 2.28. The first-order valence-corrected chi connectivity index (χ1v) is 5.70. The van der Waals surface area contributed by atoms with E-state index in [2.05, 4.69) is 24.2 Å². The van der Waals surface area contributed by atoms with Gasteiger partial charge in [-0.1, -0.05) is 0 Å². The molecule has 0 aromatic carbocycles. The second-order valence-corrected chi connectivity index (χ2v) is 4.87. The molecule has 1 N–H and O–H groups in total. The molecular weight excluding hydrogens is 160 g/mol. The highest BCUT2D eigenvalue weighted by atomic mass is 15.1. The molecule has 1 unspecified atom stereocenters. The highest BCUT2D eigenvalue weighted by molar-refractivity contribution is 4.87. The van der Waals surface area contributed by atoms with Gasteiger partial charge in [-0.05, 0) is 58.7 Å². The van der Waals surface area contributed by atoms with E-state index in [1.54, 1.807) is 0 Å². The van der Waals surface area contributed by atoms with Gasteiger partial charge in [-0.2, -0.15) is 0 Å². The van der Waals surface area contributed by atoms with Crippen LogP contribution in [-0.4, -0.2) is 37.1 Å². The van der Waals surface area contributed by atoms with Crippen LogP contribution in [0.4, 0.5) is 0 Å². The minimum atomic E-state index is 0.772. The van der Waals surface area contributed by atoms with Crippen molar-refractivity contribution >= 4 is 0 Å². The van der Waals surface area contributed by atoms with Crippen LogP contribution in [0, 0.1) is 5.92 Å². The average molecular weight is 182 g/mol. The molecular formula is C11H22N2. The maximum Gasteiger partial charge on any atom is 0.00939 e. The van der Waals surface area contributed by atoms with Crippen LogP contribution in [0.3, 0.4) is 0 Å². The predicted molar refractivity (Wildman–Crippen MR) is 55.8 cm³/mol. The van der Waals surface area contributed by atoms with Gasteiger partial charge in [-0.15, -0.1) is 0 Å². The molecule has 1 heterocycles. The number of likely N-dealkylation sites (tertiary alicyclic amines) is 1. The molecule has 2 aliphatic rings. The zero-order valence-corrected chi connectivity index (χ0v) is 8.92. The van der Waals surface area contributed by atoms with Crippen molar-refractivity contribution in [2.75, 3.05) is 20.1 Å². The van der Waals surface area contributed by atoms with E-state index in [1.807, 2.05) is 0 Å². The third-order valence-electron chi connectivity index (χ3n) is 3.55. The number of nitrogens with one attached hydrogen (secondary N) is 1. The zero-order valence-electron chi connectivity index (χ0n) is 8.92. The first-order valence-electron chi connectivity index (χ1n) is 5.70. The summed E-state index contributed by atoms with van der Waals surface area (Å²) in [6.07, 6.45) is 5.60. The lowest BCUT2D eigenvalue weighted by atomic mass is 10.0. The van der Waals surface area contributed by atoms with E-state index in [-0.39, 0.29) is 0 Å². The quantitative estimate of drug-likeness (QED) is 0.711. The maximum atomic E-state index is 3.77. The Morgan fingerprint density at radius 1 is 1.15 bits per heavy atom. The van der Waals surface area contributed by atoms with Crippen molar-refractivity contribution < 1.29 is 0 Å². The van der Waals surface area contributed by atoms with Crippen LogP contribution >= 0.6 is 0 Å². The van der Waals surface area contributed by atoms with Crippen LogP contribution in [0.2, 0.25) is 0 Å². The van der Waals surface area contributed by atoms with Crippen LogP contribution in [0.1, 0.15) is 32.6 Å². The lowest BCUT2D eigenvalue weighted by molar-refractivity contribution is 0.223. The van der Waals surface area contributed by atoms with Crippen molar-refractivity contribution in [3.05, 3.63) is 0 Å². The monoisotopic (exact) mass is 182 g/mol. The molecule has 1 aliphatic carbocycles. The first-order chi connectivity index (χ1) is 6.25. The fraction of sp³-hybridized carbons (Fsp3) is 1.00. The molecule has 0 amide bonds. The van der Waals surface area contributed by atoms with Gasteiger partial charge in [0.25, 0.3) is 0 Å². The molecule has 13 heavy (non-hydrogen) atoms. The van der Waals surface area contributed by atoms with Gasteiger partial charge in [0.15, 0.2) is 0 Å². The van der Waals surface area contributed by atoms with Gasteiger partial charge < -0.3 is 10.2 Å². The van der Waals surface area contributed by atoms with Gasteiger partial charge in [0.2, 0.25) is 0 Å². The van der Waals surface area contributed by atoms with Crippen LogP contribution in [0.15, 0.2) is 0 Å². The topological polar surface area (TPSA) is 15.3 Å². The molecule has 1 saturated carbocycles. The zero-order chi connectivity index (χ0) is 9.26. The van der Waals surface area contributed by atoms with Gasteiger partial charge in [0, 0.05) is 12.1 Å². The van der Waals surface area contributed by atoms with Gasteiger partial charge in [-0.3, -0.25) is 0 Å². The van der Waals surface area contributed by atoms with E-state index < -0.39 is 0 Å². The van der Waals surface area contributed by atoms with Crippen molar-refractivity contribution in [3.8, 4) is 0 Å². The Balaban J connectivity index is 1.69. The molecule has 2 heteroatoms. The molecule has 0 aromatic heterocycles. The Labute approximate surface area is 81.7 Å². The minimum absolute atomic E-state index is 0.772. The largest absolute Gasteiger partial charge is 0.311 e. The van der Waals surface area contributed by atoms with Crippen LogP contribution in [0.25, 0.3) is 0 Å². The SMILES string of the molecule is CC(NC1CCN(C)CC1)C1CC1. The van der Waals surface area contributed by atoms with Crippen molar-refractivity contribution in [1.29, 1.82) is 0 Å². The molecule has 0 spiro atoms. The highest BCUT2D eigenvalue weighted by Crippen LogP contribution is 2.32. The summed E-state index contributed by atoms with van der Waals surface area (Å²) in [5.74, 6) is 1.000. The summed E-state index contributed by atoms with van der Waals surface area (Å²) in [6.45, 7) is 4.90. The molecule has 0 bridgehead atoms. The number of rotatable bonds is 3. The third-order valence-corrected chi connectivity index (χ3v) is 3.55. The van der Waals surface area contributed by atoms with Crippen LogP contribution in [0.5, 0.6) is 0 Å². The number of nitrogens with zero attached hydrogens (tertiary/aromatic N) is 1. The lowest BCUT2D eigenvalue weighted by Gasteiger charge is -2.31. The van der Waals surface area contributed by atoms with E-state index >= 15 is 0 Å². The summed E-state index contributed by atoms with van der Waals surface area (Å²) in [7, 11) is 2.22. The molecule has 1 aliphatic heterocycles. The Kier molecular flexibility index (Phi) is 2.89. The van der Waals surface area contributed by atoms with Crippen molar-refractivity contribution in [3.63, 3.8) is 0 Å². The van der Waals surface area contributed by atoms with Crippen molar-refractivity contribution in [1.82, 2.24) is 10.2 Å². The van der Waals surface area contributed by atoms with E-state index in [9.17, 15) is 0 Å². The van der Waals surface area contributed by atoms with E-state index in [4.69, 9.17) is 0 Å². The Bertz CT molecular complexity index is 157. The molecule has 1 saturated heterocycles. The second kappa shape index (κ2) is 3.97. The summed E-state index contributed by atoms with van der Waals surface area (Å²) in [6, 6.07) is 1.57. The summed E-state index contributed by atoms with van der Waals surface area (Å²) in [5, 5.41) is 3.77. The van der Waals surface area contributed by atoms with Gasteiger partial charge in [0.05, 0.1) is 0 Å². The molecule has 0 radical (unpaired) electrons. The second-order valence-electron chi connectivity index (χ2n) is 4.87. The molecule has 2 fully saturated rings. The van der Waals surface area contributed by atoms with Gasteiger partial charge in [0.1, 0.15) is 0 Å². The maximum absolute atomic E-state index is 3.77. The standard InChI is InChI=1S/C11H22N2/c1-9(10-3-4-10)12-11-5-7-13(2)8-6-11/h9-12H,3-8H2,1-2H3. The predicted octanol–water partition coefficient (Wildman–Crippen LogP) is 1.47. The smallest absolute Gasteiger partial charge is 0.00939 e. The minimum Gasteiger partial charge on any atom is -0.311 e. The summed E-state index contributed by atoms with van der Waals surface area (Å²) < 4.78 is 0. The van der Waals surface area contributed by atoms with Crippen LogP contribution in [-0.2, 0) is 0 Å². The number of piperidine rings is 1. The first kappa shape index (κ1) is 9.47. The summed E-state index contributed by atoms with van der Waals surface area (Å²) >= 11 is 0. The summed E-state index contributed by atoms with van der Waals surface area (Å²) in [4.78, 5) is 2.43. The van der Waals surface area contributed by atoms with E-state index in [1.165, 1.54) is 38.8 Å². The molecule has 2 nitrogen and oxygen atoms in total. The average Bonchev–Trinajstić information content (AvgIpc) is 2.91. The molecule has 76 valence electrons. The van der Waals surface area contributed by atoms with E-state index in [0.717, 1.165) is 18.0 Å². The highest BCUT2D eigenvalue weighted by Gasteiger charge is 2.29. The van der Waals surface area contributed by atoms with Crippen LogP contribution < -0.4 is 5.32 Å². The molecule has 2 rings (SSSR count). The van der Waals surface area contributed by atoms with Gasteiger partial charge >= 0.3 is 0 Å². The third kappa shape index (κ3) is 2.68. The van der Waals surface area contributed by atoms with Crippen molar-refractivity contribution in [2.45, 2.75) is 44.7 Å². The Hall–Kier alpha value is -0.0800. The summed E-state index contributed by atoms with van der Waals surface area (Å²) in [5.41, 5.74) is 0. The lowest BCUT2D eigenvalue weighted by Crippen LogP contribution is -2.44. The molecule has 0 aromatic rings. The Morgan fingerprint density at radius 3 is 2.31 bits per heavy atom. The van der Waals surface area contributed by atoms with E-state index in [0.29, 0.717) is 0 Å². The fourth-order valence-corrected chi connectivity index (χ4v) is 2.28. The number of hydrogen-bond donors (Lipinski definition) is 1. The van der Waals surface area contributed by atoms with Crippen molar-refractivity contribution in [2.24, 2.45) is 5.92 Å². The normalized spacial score (nSPS) is 29.1. The Morgan fingerprint density at radius 2 is 1.77 bits per heavy atom.